The minimum absolute atomic E-state index is 0.159. The second-order valence-corrected chi connectivity index (χ2v) is 4.75. The van der Waals surface area contributed by atoms with E-state index >= 15 is 0 Å². The molecule has 4 heteroatoms. The molecule has 0 N–H and O–H groups in total. The Kier molecular flexibility index (Phi) is 2.78. The molecule has 0 fully saturated rings. The minimum Gasteiger partial charge on any atom is -0.300 e. The zero-order valence-corrected chi connectivity index (χ0v) is 8.75. The normalized spacial score (nSPS) is 10.1. The second kappa shape index (κ2) is 3.45. The first kappa shape index (κ1) is 8.87. The van der Waals surface area contributed by atoms with Gasteiger partial charge < -0.3 is 0 Å². The summed E-state index contributed by atoms with van der Waals surface area (Å²) in [6.45, 7) is 3.49. The molecule has 0 aromatic carbocycles. The fraction of sp³-hybridized carbons (Fsp3) is 0.429. The van der Waals surface area contributed by atoms with E-state index in [1.54, 1.807) is 6.92 Å². The Hall–Kier alpha value is -0.220. The Morgan fingerprint density at radius 2 is 2.36 bits per heavy atom. The summed E-state index contributed by atoms with van der Waals surface area (Å²) in [5.41, 5.74) is 0.964. The first-order valence-corrected chi connectivity index (χ1v) is 4.82. The van der Waals surface area contributed by atoms with Gasteiger partial charge in [0.05, 0.1) is 15.9 Å². The lowest BCUT2D eigenvalue weighted by Crippen LogP contribution is -1.94. The predicted molar refractivity (Wildman–Crippen MR) is 48.9 cm³/mol. The van der Waals surface area contributed by atoms with Gasteiger partial charge in [0.25, 0.3) is 0 Å². The summed E-state index contributed by atoms with van der Waals surface area (Å²) >= 11 is 4.88. The second-order valence-electron chi connectivity index (χ2n) is 2.35. The number of aromatic nitrogens is 1. The summed E-state index contributed by atoms with van der Waals surface area (Å²) in [6.07, 6.45) is 0.455. The highest BCUT2D eigenvalue weighted by Crippen LogP contribution is 2.24. The van der Waals surface area contributed by atoms with Crippen molar-refractivity contribution in [1.82, 2.24) is 4.98 Å². The number of carbonyl (C=O) groups is 1. The zero-order chi connectivity index (χ0) is 8.43. The molecule has 0 atom stereocenters. The Balaban J connectivity index is 2.81. The average Bonchev–Trinajstić information content (AvgIpc) is 2.10. The van der Waals surface area contributed by atoms with E-state index in [-0.39, 0.29) is 5.78 Å². The third kappa shape index (κ3) is 2.38. The molecule has 1 aromatic rings. The van der Waals surface area contributed by atoms with Gasteiger partial charge in [-0.25, -0.2) is 4.98 Å². The van der Waals surface area contributed by atoms with Crippen molar-refractivity contribution in [3.05, 3.63) is 14.5 Å². The van der Waals surface area contributed by atoms with E-state index in [2.05, 4.69) is 20.9 Å². The first-order chi connectivity index (χ1) is 5.09. The van der Waals surface area contributed by atoms with Gasteiger partial charge in [0, 0.05) is 0 Å². The molecule has 0 saturated carbocycles. The number of hydrogen-bond acceptors (Lipinski definition) is 3. The molecule has 0 saturated heterocycles. The van der Waals surface area contributed by atoms with Gasteiger partial charge in [-0.15, -0.1) is 11.3 Å². The summed E-state index contributed by atoms with van der Waals surface area (Å²) < 4.78 is 1.02. The van der Waals surface area contributed by atoms with Crippen molar-refractivity contribution in [3.8, 4) is 0 Å². The minimum atomic E-state index is 0.159. The van der Waals surface area contributed by atoms with Crippen LogP contribution in [-0.2, 0) is 11.2 Å². The molecule has 0 unspecified atom stereocenters. The van der Waals surface area contributed by atoms with Gasteiger partial charge in [0.1, 0.15) is 10.8 Å². The molecule has 0 radical (unpaired) electrons. The molecule has 2 nitrogen and oxygen atoms in total. The standard InChI is InChI=1S/C7H8BrNOS/c1-4(10)3-6-9-5(2)7(8)11-6/h3H2,1-2H3. The number of Topliss-reactive ketones (excluding diaryl/α,β-unsaturated/α-hetero) is 1. The lowest BCUT2D eigenvalue weighted by molar-refractivity contribution is -0.116. The van der Waals surface area contributed by atoms with Crippen molar-refractivity contribution in [3.63, 3.8) is 0 Å². The molecule has 0 amide bonds. The first-order valence-electron chi connectivity index (χ1n) is 3.21. The molecule has 0 aliphatic carbocycles. The highest BCUT2D eigenvalue weighted by atomic mass is 79.9. The number of rotatable bonds is 2. The van der Waals surface area contributed by atoms with Crippen molar-refractivity contribution in [2.75, 3.05) is 0 Å². The number of aryl methyl sites for hydroxylation is 1. The summed E-state index contributed by atoms with van der Waals surface area (Å²) in [7, 11) is 0. The fourth-order valence-corrected chi connectivity index (χ4v) is 2.23. The lowest BCUT2D eigenvalue weighted by atomic mass is 10.3. The maximum atomic E-state index is 10.7. The van der Waals surface area contributed by atoms with Crippen LogP contribution in [0.1, 0.15) is 17.6 Å². The summed E-state index contributed by atoms with van der Waals surface area (Å²) in [5.74, 6) is 0.159. The van der Waals surface area contributed by atoms with E-state index in [4.69, 9.17) is 0 Å². The number of ketones is 1. The summed E-state index contributed by atoms with van der Waals surface area (Å²) in [6, 6.07) is 0. The van der Waals surface area contributed by atoms with Crippen LogP contribution in [-0.4, -0.2) is 10.8 Å². The predicted octanol–water partition coefficient (Wildman–Crippen LogP) is 2.35. The molecular weight excluding hydrogens is 226 g/mol. The van der Waals surface area contributed by atoms with Crippen LogP contribution < -0.4 is 0 Å². The Morgan fingerprint density at radius 3 is 2.73 bits per heavy atom. The fourth-order valence-electron chi connectivity index (χ4n) is 0.720. The number of thiazole rings is 1. The van der Waals surface area contributed by atoms with Crippen molar-refractivity contribution in [2.24, 2.45) is 0 Å². The van der Waals surface area contributed by atoms with Crippen LogP contribution >= 0.6 is 27.3 Å². The Morgan fingerprint density at radius 1 is 1.73 bits per heavy atom. The third-order valence-corrected chi connectivity index (χ3v) is 3.19. The van der Waals surface area contributed by atoms with Crippen LogP contribution in [0, 0.1) is 6.92 Å². The van der Waals surface area contributed by atoms with Crippen LogP contribution in [0.4, 0.5) is 0 Å². The van der Waals surface area contributed by atoms with E-state index in [0.29, 0.717) is 6.42 Å². The molecule has 60 valence electrons. The van der Waals surface area contributed by atoms with E-state index in [1.807, 2.05) is 6.92 Å². The highest BCUT2D eigenvalue weighted by Gasteiger charge is 2.05. The van der Waals surface area contributed by atoms with Crippen molar-refractivity contribution in [2.45, 2.75) is 20.3 Å². The van der Waals surface area contributed by atoms with Gasteiger partial charge >= 0.3 is 0 Å². The number of halogens is 1. The number of nitrogens with zero attached hydrogens (tertiary/aromatic N) is 1. The largest absolute Gasteiger partial charge is 0.300 e. The van der Waals surface area contributed by atoms with Crippen LogP contribution in [0.2, 0.25) is 0 Å². The van der Waals surface area contributed by atoms with Gasteiger partial charge in [0.15, 0.2) is 0 Å². The van der Waals surface area contributed by atoms with Gasteiger partial charge in [0.2, 0.25) is 0 Å². The highest BCUT2D eigenvalue weighted by molar-refractivity contribution is 9.11. The van der Waals surface area contributed by atoms with Crippen molar-refractivity contribution in [1.29, 1.82) is 0 Å². The van der Waals surface area contributed by atoms with E-state index in [1.165, 1.54) is 11.3 Å². The molecule has 11 heavy (non-hydrogen) atoms. The lowest BCUT2D eigenvalue weighted by Gasteiger charge is -1.85. The summed E-state index contributed by atoms with van der Waals surface area (Å²) in [5, 5.41) is 0.891. The van der Waals surface area contributed by atoms with Crippen LogP contribution in [0.5, 0.6) is 0 Å². The molecule has 1 rings (SSSR count). The van der Waals surface area contributed by atoms with Crippen molar-refractivity contribution >= 4 is 33.0 Å². The van der Waals surface area contributed by atoms with Crippen LogP contribution in [0.3, 0.4) is 0 Å². The van der Waals surface area contributed by atoms with E-state index in [9.17, 15) is 4.79 Å². The van der Waals surface area contributed by atoms with E-state index < -0.39 is 0 Å². The molecule has 0 spiro atoms. The Bertz CT molecular complexity index is 262. The summed E-state index contributed by atoms with van der Waals surface area (Å²) in [4.78, 5) is 14.9. The van der Waals surface area contributed by atoms with Gasteiger partial charge in [-0.3, -0.25) is 4.79 Å². The van der Waals surface area contributed by atoms with Crippen LogP contribution in [0.15, 0.2) is 3.79 Å². The SMILES string of the molecule is CC(=O)Cc1nc(C)c(Br)s1. The number of carbonyl (C=O) groups excluding carboxylic acids is 1. The molecule has 1 aromatic heterocycles. The zero-order valence-electron chi connectivity index (χ0n) is 6.35. The topological polar surface area (TPSA) is 30.0 Å². The molecule has 0 aliphatic heterocycles. The van der Waals surface area contributed by atoms with Gasteiger partial charge in [-0.05, 0) is 29.8 Å². The maximum absolute atomic E-state index is 10.7. The molecular formula is C7H8BrNOS. The van der Waals surface area contributed by atoms with Gasteiger partial charge in [-0.2, -0.15) is 0 Å². The smallest absolute Gasteiger partial charge is 0.136 e. The van der Waals surface area contributed by atoms with E-state index in [0.717, 1.165) is 14.5 Å². The quantitative estimate of drug-likeness (QED) is 0.786. The van der Waals surface area contributed by atoms with Crippen LogP contribution in [0.25, 0.3) is 0 Å². The monoisotopic (exact) mass is 233 g/mol. The third-order valence-electron chi connectivity index (χ3n) is 1.18. The van der Waals surface area contributed by atoms with Crippen molar-refractivity contribution < 1.29 is 4.79 Å². The molecule has 0 bridgehead atoms. The average molecular weight is 234 g/mol. The maximum Gasteiger partial charge on any atom is 0.136 e. The Labute approximate surface area is 77.8 Å². The van der Waals surface area contributed by atoms with Gasteiger partial charge in [-0.1, -0.05) is 0 Å². The number of hydrogen-bond donors (Lipinski definition) is 0. The molecule has 1 heterocycles. The molecule has 0 aliphatic rings.